The van der Waals surface area contributed by atoms with Gasteiger partial charge >= 0.3 is 0 Å². The van der Waals surface area contributed by atoms with Crippen molar-refractivity contribution in [2.45, 2.75) is 18.9 Å². The van der Waals surface area contributed by atoms with Gasteiger partial charge in [-0.05, 0) is 31.0 Å². The third-order valence-electron chi connectivity index (χ3n) is 4.94. The maximum absolute atomic E-state index is 12.6. The van der Waals surface area contributed by atoms with E-state index < -0.39 is 0 Å². The van der Waals surface area contributed by atoms with Crippen molar-refractivity contribution in [3.8, 4) is 5.75 Å². The topological polar surface area (TPSA) is 94.1 Å². The summed E-state index contributed by atoms with van der Waals surface area (Å²) in [5, 5.41) is 10.1. The highest BCUT2D eigenvalue weighted by Gasteiger charge is 2.26. The maximum Gasteiger partial charge on any atom is 0.253 e. The number of carbonyl (C=O) groups is 1. The summed E-state index contributed by atoms with van der Waals surface area (Å²) in [6.45, 7) is 1.68. The van der Waals surface area contributed by atoms with E-state index in [1.807, 2.05) is 36.3 Å². The van der Waals surface area contributed by atoms with Crippen molar-refractivity contribution < 1.29 is 11.0 Å². The number of guanidine groups is 1. The van der Waals surface area contributed by atoms with E-state index in [1.54, 1.807) is 13.3 Å². The number of carbonyl (C=O) groups excluding carboxylic acids is 1. The van der Waals surface area contributed by atoms with Gasteiger partial charge in [-0.3, -0.25) is 14.8 Å². The second-order valence-corrected chi connectivity index (χ2v) is 6.71. The minimum atomic E-state index is -0.0858. The normalized spacial score (nSPS) is 17.6. The molecule has 3 heterocycles. The minimum absolute atomic E-state index is 0. The Kier molecular flexibility index (Phi) is 4.68. The van der Waals surface area contributed by atoms with Gasteiger partial charge in [-0.2, -0.15) is 0 Å². The molecule has 2 aliphatic rings. The van der Waals surface area contributed by atoms with E-state index in [4.69, 9.17) is 4.74 Å². The molecule has 0 aliphatic carbocycles. The molecule has 1 aromatic heterocycles. The van der Waals surface area contributed by atoms with Crippen LogP contribution in [0.2, 0.25) is 0 Å². The van der Waals surface area contributed by atoms with Crippen molar-refractivity contribution in [3.63, 3.8) is 0 Å². The van der Waals surface area contributed by atoms with Crippen LogP contribution in [0.15, 0.2) is 35.6 Å². The number of ether oxygens (including phenoxy) is 1. The molecule has 1 aromatic carbocycles. The summed E-state index contributed by atoms with van der Waals surface area (Å²) in [5.41, 5.74) is 7.03. The summed E-state index contributed by atoms with van der Waals surface area (Å²) in [7, 11) is 3.54. The van der Waals surface area contributed by atoms with E-state index in [0.29, 0.717) is 5.56 Å². The Bertz CT molecular complexity index is 883. The second kappa shape index (κ2) is 7.28. The first-order valence-electron chi connectivity index (χ1n) is 8.96. The summed E-state index contributed by atoms with van der Waals surface area (Å²) in [5.74, 6) is 1.54. The number of methoxy groups -OCH3 is 1. The van der Waals surface area contributed by atoms with Crippen LogP contribution in [0.1, 0.15) is 24.6 Å². The van der Waals surface area contributed by atoms with Gasteiger partial charge in [-0.15, -0.1) is 10.6 Å². The van der Waals surface area contributed by atoms with Gasteiger partial charge in [0.15, 0.2) is 0 Å². The van der Waals surface area contributed by atoms with Crippen molar-refractivity contribution in [2.75, 3.05) is 27.2 Å². The smallest absolute Gasteiger partial charge is 0.253 e. The molecule has 9 heteroatoms. The maximum atomic E-state index is 12.6. The summed E-state index contributed by atoms with van der Waals surface area (Å²) < 4.78 is 5.21. The Labute approximate surface area is 158 Å². The zero-order chi connectivity index (χ0) is 18.8. The quantitative estimate of drug-likeness (QED) is 0.738. The largest absolute Gasteiger partial charge is 0.497 e. The van der Waals surface area contributed by atoms with Crippen molar-refractivity contribution in [2.24, 2.45) is 5.10 Å². The molecule has 0 unspecified atom stereocenters. The number of fused-ring (bicyclic) bond motifs is 1. The van der Waals surface area contributed by atoms with Crippen LogP contribution >= 0.6 is 0 Å². The molecular formula is C18H25N7O2. The Morgan fingerprint density at radius 1 is 1.33 bits per heavy atom. The number of likely N-dealkylation sites (tertiary alicyclic amines) is 1. The SMILES string of the molecule is COc1ccc2cc(C(=O)NC3CCN(C4=NNNN4C)CC3)cnc2c1.[HH]. The minimum Gasteiger partial charge on any atom is -0.497 e. The highest BCUT2D eigenvalue weighted by Crippen LogP contribution is 2.20. The van der Waals surface area contributed by atoms with Gasteiger partial charge in [0.05, 0.1) is 18.2 Å². The molecule has 4 rings (SSSR count). The van der Waals surface area contributed by atoms with Crippen LogP contribution < -0.4 is 21.1 Å². The summed E-state index contributed by atoms with van der Waals surface area (Å²) >= 11 is 0. The number of rotatable bonds is 3. The number of nitrogens with zero attached hydrogens (tertiary/aromatic N) is 4. The second-order valence-electron chi connectivity index (χ2n) is 6.71. The zero-order valence-corrected chi connectivity index (χ0v) is 15.4. The molecule has 9 nitrogen and oxygen atoms in total. The van der Waals surface area contributed by atoms with Crippen molar-refractivity contribution in [1.29, 1.82) is 0 Å². The number of hydrogen-bond acceptors (Lipinski definition) is 8. The van der Waals surface area contributed by atoms with Crippen LogP contribution in [-0.2, 0) is 0 Å². The predicted molar refractivity (Wildman–Crippen MR) is 104 cm³/mol. The lowest BCUT2D eigenvalue weighted by molar-refractivity contribution is 0.0920. The Morgan fingerprint density at radius 3 is 2.85 bits per heavy atom. The van der Waals surface area contributed by atoms with E-state index in [9.17, 15) is 4.79 Å². The standard InChI is InChI=1S/C18H23N7O2.H2/c1-24-18(21-22-23-24)25-7-5-14(6-8-25)20-17(26)13-9-12-3-4-15(27-2)10-16(12)19-11-13;/h3-4,9-11,14,22-23H,5-8H2,1-2H3,(H,20,26);1H. The van der Waals surface area contributed by atoms with Gasteiger partial charge in [-0.25, -0.2) is 5.53 Å². The Morgan fingerprint density at radius 2 is 2.15 bits per heavy atom. The Hall–Kier alpha value is -3.07. The molecule has 0 saturated carbocycles. The first-order valence-corrected chi connectivity index (χ1v) is 8.96. The predicted octanol–water partition coefficient (Wildman–Crippen LogP) is 0.909. The number of benzene rings is 1. The molecule has 2 aromatic rings. The monoisotopic (exact) mass is 371 g/mol. The number of hydrazine groups is 2. The van der Waals surface area contributed by atoms with Gasteiger partial charge in [-0.1, -0.05) is 0 Å². The third kappa shape index (κ3) is 3.59. The van der Waals surface area contributed by atoms with E-state index in [2.05, 4.69) is 31.4 Å². The molecule has 144 valence electrons. The highest BCUT2D eigenvalue weighted by molar-refractivity contribution is 5.97. The lowest BCUT2D eigenvalue weighted by Gasteiger charge is -2.34. The Balaban J connectivity index is 0.00000225. The average Bonchev–Trinajstić information content (AvgIpc) is 3.13. The molecule has 0 spiro atoms. The van der Waals surface area contributed by atoms with Crippen molar-refractivity contribution in [1.82, 2.24) is 31.3 Å². The number of piperidine rings is 1. The van der Waals surface area contributed by atoms with E-state index in [0.717, 1.165) is 48.5 Å². The molecule has 27 heavy (non-hydrogen) atoms. The molecule has 3 N–H and O–H groups in total. The van der Waals surface area contributed by atoms with Crippen LogP contribution in [0.3, 0.4) is 0 Å². The van der Waals surface area contributed by atoms with Crippen molar-refractivity contribution in [3.05, 3.63) is 36.0 Å². The molecule has 0 radical (unpaired) electrons. The lowest BCUT2D eigenvalue weighted by atomic mass is 10.0. The van der Waals surface area contributed by atoms with E-state index >= 15 is 0 Å². The fourth-order valence-electron chi connectivity index (χ4n) is 3.40. The number of amides is 1. The average molecular weight is 371 g/mol. The number of aromatic nitrogens is 1. The third-order valence-corrected chi connectivity index (χ3v) is 4.94. The fourth-order valence-corrected chi connectivity index (χ4v) is 3.40. The van der Waals surface area contributed by atoms with Crippen LogP contribution in [-0.4, -0.2) is 60.0 Å². The van der Waals surface area contributed by atoms with Crippen LogP contribution in [0.5, 0.6) is 5.75 Å². The molecule has 0 atom stereocenters. The van der Waals surface area contributed by atoms with Crippen LogP contribution in [0, 0.1) is 0 Å². The highest BCUT2D eigenvalue weighted by atomic mass is 16.5. The van der Waals surface area contributed by atoms with Crippen LogP contribution in [0.25, 0.3) is 10.9 Å². The van der Waals surface area contributed by atoms with Gasteiger partial charge in [0, 0.05) is 45.3 Å². The molecule has 1 fully saturated rings. The summed E-state index contributed by atoms with van der Waals surface area (Å²) in [6.07, 6.45) is 3.36. The first-order chi connectivity index (χ1) is 13.1. The van der Waals surface area contributed by atoms with Gasteiger partial charge in [0.25, 0.3) is 5.91 Å². The molecular weight excluding hydrogens is 346 g/mol. The number of hydrazone groups is 1. The zero-order valence-electron chi connectivity index (χ0n) is 15.4. The van der Waals surface area contributed by atoms with E-state index in [1.165, 1.54) is 0 Å². The number of nitrogens with one attached hydrogen (secondary N) is 3. The molecule has 1 amide bonds. The number of pyridine rings is 1. The molecule has 1 saturated heterocycles. The first kappa shape index (κ1) is 17.3. The van der Waals surface area contributed by atoms with E-state index in [-0.39, 0.29) is 13.4 Å². The van der Waals surface area contributed by atoms with Crippen LogP contribution in [0.4, 0.5) is 0 Å². The summed E-state index contributed by atoms with van der Waals surface area (Å²) in [4.78, 5) is 19.2. The van der Waals surface area contributed by atoms with Gasteiger partial charge in [0.2, 0.25) is 5.96 Å². The molecule has 2 aliphatic heterocycles. The lowest BCUT2D eigenvalue weighted by Crippen LogP contribution is -2.51. The summed E-state index contributed by atoms with van der Waals surface area (Å²) in [6, 6.07) is 7.66. The van der Waals surface area contributed by atoms with Gasteiger partial charge < -0.3 is 15.0 Å². The number of hydrogen-bond donors (Lipinski definition) is 3. The fraction of sp³-hybridized carbons (Fsp3) is 0.389. The molecule has 0 bridgehead atoms. The van der Waals surface area contributed by atoms with Gasteiger partial charge in [0.1, 0.15) is 5.75 Å². The van der Waals surface area contributed by atoms with Crippen molar-refractivity contribution >= 4 is 22.8 Å².